The fourth-order valence-electron chi connectivity index (χ4n) is 3.50. The lowest BCUT2D eigenvalue weighted by molar-refractivity contribution is 0.0734. The third-order valence-corrected chi connectivity index (χ3v) is 6.07. The molecule has 3 aromatic carbocycles. The van der Waals surface area contributed by atoms with E-state index in [0.29, 0.717) is 33.3 Å². The number of ether oxygens (including phenoxy) is 1. The minimum Gasteiger partial charge on any atom is -0.493 e. The summed E-state index contributed by atoms with van der Waals surface area (Å²) in [5.74, 6) is -0.371. The highest BCUT2D eigenvalue weighted by Gasteiger charge is 2.20. The van der Waals surface area contributed by atoms with Gasteiger partial charge < -0.3 is 9.84 Å². The molecule has 0 spiro atoms. The van der Waals surface area contributed by atoms with E-state index in [2.05, 4.69) is 0 Å². The van der Waals surface area contributed by atoms with Crippen LogP contribution in [0.3, 0.4) is 0 Å². The van der Waals surface area contributed by atoms with E-state index in [0.717, 1.165) is 16.6 Å². The number of imidazole rings is 1. The van der Waals surface area contributed by atoms with E-state index in [4.69, 9.17) is 27.9 Å². The van der Waals surface area contributed by atoms with Crippen molar-refractivity contribution in [2.24, 2.45) is 7.05 Å². The Morgan fingerprint density at radius 2 is 1.64 bits per heavy atom. The molecule has 0 bridgehead atoms. The molecule has 6 nitrogen and oxygen atoms in total. The molecule has 0 amide bonds. The molecular weight excluding hydrogens is 463 g/mol. The summed E-state index contributed by atoms with van der Waals surface area (Å²) in [4.78, 5) is 25.2. The topological polar surface area (TPSA) is 73.5 Å². The maximum atomic E-state index is 12.8. The number of rotatable bonds is 5. The highest BCUT2D eigenvalue weighted by molar-refractivity contribution is 6.42. The zero-order valence-electron chi connectivity index (χ0n) is 17.9. The number of aromatic hydroxyl groups is 1. The monoisotopic (exact) mass is 482 g/mol. The molecule has 33 heavy (non-hydrogen) atoms. The molecule has 0 aliphatic heterocycles. The van der Waals surface area contributed by atoms with Crippen molar-refractivity contribution in [1.29, 1.82) is 0 Å². The molecule has 0 saturated heterocycles. The number of carbonyl (C=O) groups is 1. The minimum atomic E-state index is -0.466. The summed E-state index contributed by atoms with van der Waals surface area (Å²) < 4.78 is 7.92. The van der Waals surface area contributed by atoms with Gasteiger partial charge in [0.05, 0.1) is 21.3 Å². The van der Waals surface area contributed by atoms with Gasteiger partial charge in [-0.2, -0.15) is 0 Å². The van der Waals surface area contributed by atoms with Crippen molar-refractivity contribution in [3.63, 3.8) is 0 Å². The van der Waals surface area contributed by atoms with Gasteiger partial charge in [0.2, 0.25) is 5.88 Å². The van der Waals surface area contributed by atoms with Gasteiger partial charge in [-0.05, 0) is 66.6 Å². The maximum absolute atomic E-state index is 12.8. The summed E-state index contributed by atoms with van der Waals surface area (Å²) in [7, 11) is 1.55. The number of benzene rings is 3. The molecule has 0 unspecified atom stereocenters. The largest absolute Gasteiger partial charge is 0.493 e. The average Bonchev–Trinajstić information content (AvgIpc) is 3.04. The average molecular weight is 483 g/mol. The van der Waals surface area contributed by atoms with E-state index in [1.807, 2.05) is 19.1 Å². The lowest BCUT2D eigenvalue weighted by Crippen LogP contribution is -2.21. The Morgan fingerprint density at radius 3 is 2.24 bits per heavy atom. The SMILES string of the molecule is CCc1ccc(C(=O)Oc2ccc(-c3c(O)n(-c4ccc(Cl)c(Cl)c4)c(=O)n3C)cc2)cc1. The number of aromatic nitrogens is 2. The van der Waals surface area contributed by atoms with Crippen LogP contribution in [-0.4, -0.2) is 20.2 Å². The van der Waals surface area contributed by atoms with Gasteiger partial charge in [-0.3, -0.25) is 4.57 Å². The number of hydrogen-bond donors (Lipinski definition) is 1. The van der Waals surface area contributed by atoms with E-state index in [-0.39, 0.29) is 10.9 Å². The van der Waals surface area contributed by atoms with Crippen LogP contribution >= 0.6 is 23.2 Å². The first-order chi connectivity index (χ1) is 15.8. The van der Waals surface area contributed by atoms with Crippen LogP contribution in [0.15, 0.2) is 71.5 Å². The predicted molar refractivity (Wildman–Crippen MR) is 129 cm³/mol. The molecule has 1 N–H and O–H groups in total. The second-order valence-corrected chi connectivity index (χ2v) is 8.23. The van der Waals surface area contributed by atoms with Gasteiger partial charge in [0.1, 0.15) is 11.4 Å². The van der Waals surface area contributed by atoms with Crippen molar-refractivity contribution in [3.05, 3.63) is 98.4 Å². The zero-order chi connectivity index (χ0) is 23.7. The van der Waals surface area contributed by atoms with E-state index < -0.39 is 11.7 Å². The summed E-state index contributed by atoms with van der Waals surface area (Å²) in [5, 5.41) is 11.5. The van der Waals surface area contributed by atoms with E-state index in [9.17, 15) is 14.7 Å². The van der Waals surface area contributed by atoms with Gasteiger partial charge in [-0.1, -0.05) is 42.3 Å². The van der Waals surface area contributed by atoms with Crippen molar-refractivity contribution < 1.29 is 14.6 Å². The fraction of sp³-hybridized carbons (Fsp3) is 0.120. The number of nitrogens with zero attached hydrogens (tertiary/aromatic N) is 2. The molecule has 0 aliphatic carbocycles. The summed E-state index contributed by atoms with van der Waals surface area (Å²) in [6.45, 7) is 2.04. The minimum absolute atomic E-state index is 0.248. The predicted octanol–water partition coefficient (Wildman–Crippen LogP) is 5.64. The lowest BCUT2D eigenvalue weighted by Gasteiger charge is -2.08. The van der Waals surface area contributed by atoms with Crippen molar-refractivity contribution in [1.82, 2.24) is 9.13 Å². The Balaban J connectivity index is 1.62. The van der Waals surface area contributed by atoms with Crippen LogP contribution in [0.5, 0.6) is 11.6 Å². The maximum Gasteiger partial charge on any atom is 0.343 e. The molecule has 8 heteroatoms. The van der Waals surface area contributed by atoms with Crippen LogP contribution in [0, 0.1) is 0 Å². The van der Waals surface area contributed by atoms with E-state index >= 15 is 0 Å². The molecule has 0 aliphatic rings. The van der Waals surface area contributed by atoms with Gasteiger partial charge in [0, 0.05) is 12.6 Å². The summed E-state index contributed by atoms with van der Waals surface area (Å²) >= 11 is 12.0. The second kappa shape index (κ2) is 9.17. The Bertz CT molecular complexity index is 1390. The molecule has 0 radical (unpaired) electrons. The molecule has 1 heterocycles. The van der Waals surface area contributed by atoms with Gasteiger partial charge >= 0.3 is 11.7 Å². The molecular formula is C25H20Cl2N2O4. The molecule has 4 rings (SSSR count). The third-order valence-electron chi connectivity index (χ3n) is 5.33. The molecule has 168 valence electrons. The highest BCUT2D eigenvalue weighted by Crippen LogP contribution is 2.32. The van der Waals surface area contributed by atoms with Gasteiger partial charge in [0.25, 0.3) is 0 Å². The number of aryl methyl sites for hydroxylation is 1. The zero-order valence-corrected chi connectivity index (χ0v) is 19.4. The van der Waals surface area contributed by atoms with Crippen molar-refractivity contribution in [3.8, 4) is 28.6 Å². The number of hydrogen-bond acceptors (Lipinski definition) is 4. The Labute approximate surface area is 200 Å². The van der Waals surface area contributed by atoms with Crippen LogP contribution in [-0.2, 0) is 13.5 Å². The van der Waals surface area contributed by atoms with Crippen LogP contribution < -0.4 is 10.4 Å². The molecule has 0 saturated carbocycles. The first-order valence-corrected chi connectivity index (χ1v) is 10.9. The molecule has 0 atom stereocenters. The Morgan fingerprint density at radius 1 is 0.970 bits per heavy atom. The van der Waals surface area contributed by atoms with Gasteiger partial charge in [-0.25, -0.2) is 14.2 Å². The lowest BCUT2D eigenvalue weighted by atomic mass is 10.1. The molecule has 1 aromatic heterocycles. The second-order valence-electron chi connectivity index (χ2n) is 7.41. The highest BCUT2D eigenvalue weighted by atomic mass is 35.5. The first-order valence-electron chi connectivity index (χ1n) is 10.2. The first kappa shape index (κ1) is 22.7. The third kappa shape index (κ3) is 4.40. The van der Waals surface area contributed by atoms with Crippen molar-refractivity contribution >= 4 is 29.2 Å². The Kier molecular flexibility index (Phi) is 6.31. The summed E-state index contributed by atoms with van der Waals surface area (Å²) in [6, 6.07) is 18.4. The van der Waals surface area contributed by atoms with Gasteiger partial charge in [-0.15, -0.1) is 0 Å². The van der Waals surface area contributed by atoms with Crippen molar-refractivity contribution in [2.45, 2.75) is 13.3 Å². The standard InChI is InChI=1S/C25H20Cl2N2O4/c1-3-15-4-6-17(7-5-15)24(31)33-19-11-8-16(9-12-19)22-23(30)29(25(32)28(22)2)18-10-13-20(26)21(27)14-18/h4-14,30H,3H2,1-2H3. The Hall–Kier alpha value is -3.48. The van der Waals surface area contributed by atoms with Crippen LogP contribution in [0.2, 0.25) is 10.0 Å². The number of halogens is 2. The van der Waals surface area contributed by atoms with Crippen LogP contribution in [0.25, 0.3) is 16.9 Å². The van der Waals surface area contributed by atoms with Crippen LogP contribution in [0.4, 0.5) is 0 Å². The van der Waals surface area contributed by atoms with Crippen LogP contribution in [0.1, 0.15) is 22.8 Å². The fourth-order valence-corrected chi connectivity index (χ4v) is 3.79. The van der Waals surface area contributed by atoms with E-state index in [1.165, 1.54) is 10.6 Å². The summed E-state index contributed by atoms with van der Waals surface area (Å²) in [6.07, 6.45) is 0.888. The van der Waals surface area contributed by atoms with Crippen molar-refractivity contribution in [2.75, 3.05) is 0 Å². The number of carbonyl (C=O) groups excluding carboxylic acids is 1. The normalized spacial score (nSPS) is 10.9. The molecule has 0 fully saturated rings. The van der Waals surface area contributed by atoms with E-state index in [1.54, 1.807) is 55.6 Å². The number of esters is 1. The smallest absolute Gasteiger partial charge is 0.343 e. The van der Waals surface area contributed by atoms with Gasteiger partial charge in [0.15, 0.2) is 0 Å². The quantitative estimate of drug-likeness (QED) is 0.295. The summed E-state index contributed by atoms with van der Waals surface area (Å²) in [5.41, 5.74) is 2.39. The molecule has 4 aromatic rings.